The summed E-state index contributed by atoms with van der Waals surface area (Å²) in [6.45, 7) is 12.1. The maximum absolute atomic E-state index is 11.6. The molecular formula is C17H32BrNO4. The first kappa shape index (κ1) is 24.4. The Morgan fingerprint density at radius 3 is 1.91 bits per heavy atom. The van der Waals surface area contributed by atoms with Crippen LogP contribution in [0.1, 0.15) is 48.0 Å². The van der Waals surface area contributed by atoms with E-state index in [1.807, 2.05) is 47.6 Å². The molecule has 0 rings (SSSR count). The van der Waals surface area contributed by atoms with Crippen molar-refractivity contribution >= 4 is 28.3 Å². The lowest BCUT2D eigenvalue weighted by Gasteiger charge is -2.24. The van der Waals surface area contributed by atoms with Gasteiger partial charge in [0, 0.05) is 26.0 Å². The van der Waals surface area contributed by atoms with Crippen molar-refractivity contribution in [3.63, 3.8) is 0 Å². The van der Waals surface area contributed by atoms with Crippen LogP contribution in [0.4, 0.5) is 4.79 Å². The molecule has 0 saturated carbocycles. The summed E-state index contributed by atoms with van der Waals surface area (Å²) in [6.07, 6.45) is 2.90. The van der Waals surface area contributed by atoms with Crippen molar-refractivity contribution in [3.05, 3.63) is 11.6 Å². The number of halogens is 1. The summed E-state index contributed by atoms with van der Waals surface area (Å²) in [6, 6.07) is 0. The van der Waals surface area contributed by atoms with Crippen molar-refractivity contribution in [1.82, 2.24) is 4.90 Å². The number of alkyl halides is 1. The minimum Gasteiger partial charge on any atom is -0.444 e. The Bertz CT molecular complexity index is 381. The molecule has 0 aromatic rings. The van der Waals surface area contributed by atoms with Crippen molar-refractivity contribution in [3.8, 4) is 0 Å². The maximum Gasteiger partial charge on any atom is 0.410 e. The highest BCUT2D eigenvalue weighted by Gasteiger charge is 2.18. The maximum atomic E-state index is 11.6. The summed E-state index contributed by atoms with van der Waals surface area (Å²) in [5.41, 5.74) is 0.243. The third kappa shape index (κ3) is 17.3. The molecule has 0 aliphatic rings. The largest absolute Gasteiger partial charge is 0.444 e. The van der Waals surface area contributed by atoms with Crippen LogP contribution in [0.25, 0.3) is 0 Å². The molecule has 0 aliphatic heterocycles. The van der Waals surface area contributed by atoms with Crippen LogP contribution in [-0.2, 0) is 14.3 Å². The van der Waals surface area contributed by atoms with Crippen LogP contribution in [0, 0.1) is 0 Å². The molecule has 0 aromatic heterocycles. The quantitative estimate of drug-likeness (QED) is 0.399. The average Bonchev–Trinajstić information content (AvgIpc) is 2.41. The standard InChI is InChI=1S/C12H20BrNO3.C5H12O/c1-12(2,3)17-11(16)14(4)7-5-6-10(8-13)9-15;1-5(2,3)6-4/h6,9H,5,7-8H2,1-4H3;1-4H3/b10-6+;. The first-order valence-electron chi connectivity index (χ1n) is 7.55. The summed E-state index contributed by atoms with van der Waals surface area (Å²) in [7, 11) is 3.39. The molecule has 0 spiro atoms. The lowest BCUT2D eigenvalue weighted by atomic mass is 10.2. The van der Waals surface area contributed by atoms with Crippen molar-refractivity contribution in [2.24, 2.45) is 0 Å². The van der Waals surface area contributed by atoms with Crippen LogP contribution in [0.15, 0.2) is 11.6 Å². The summed E-state index contributed by atoms with van der Waals surface area (Å²) < 4.78 is 10.1. The highest BCUT2D eigenvalue weighted by atomic mass is 79.9. The van der Waals surface area contributed by atoms with Gasteiger partial charge < -0.3 is 14.4 Å². The van der Waals surface area contributed by atoms with Gasteiger partial charge in [-0.25, -0.2) is 4.79 Å². The number of ether oxygens (including phenoxy) is 2. The summed E-state index contributed by atoms with van der Waals surface area (Å²) in [5.74, 6) is 0. The van der Waals surface area contributed by atoms with Crippen molar-refractivity contribution in [2.45, 2.75) is 59.2 Å². The molecule has 0 saturated heterocycles. The third-order valence-electron chi connectivity index (χ3n) is 2.49. The predicted molar refractivity (Wildman–Crippen MR) is 98.2 cm³/mol. The van der Waals surface area contributed by atoms with E-state index in [2.05, 4.69) is 15.9 Å². The van der Waals surface area contributed by atoms with E-state index in [4.69, 9.17) is 9.47 Å². The molecule has 136 valence electrons. The number of aldehydes is 1. The molecule has 23 heavy (non-hydrogen) atoms. The molecule has 0 bridgehead atoms. The van der Waals surface area contributed by atoms with Gasteiger partial charge in [0.25, 0.3) is 0 Å². The smallest absolute Gasteiger partial charge is 0.410 e. The number of rotatable bonds is 5. The monoisotopic (exact) mass is 393 g/mol. The summed E-state index contributed by atoms with van der Waals surface area (Å²) in [5, 5.41) is 0.534. The van der Waals surface area contributed by atoms with E-state index < -0.39 is 5.60 Å². The molecule has 6 heteroatoms. The minimum atomic E-state index is -0.481. The zero-order chi connectivity index (χ0) is 18.7. The molecule has 1 amide bonds. The van der Waals surface area contributed by atoms with Gasteiger partial charge in [-0.05, 0) is 53.5 Å². The van der Waals surface area contributed by atoms with E-state index in [1.165, 1.54) is 4.90 Å². The second-order valence-electron chi connectivity index (χ2n) is 7.04. The number of hydrogen-bond donors (Lipinski definition) is 0. The number of amides is 1. The van der Waals surface area contributed by atoms with Gasteiger partial charge in [-0.2, -0.15) is 0 Å². The summed E-state index contributed by atoms with van der Waals surface area (Å²) in [4.78, 5) is 23.6. The van der Waals surface area contributed by atoms with E-state index in [0.29, 0.717) is 23.9 Å². The number of carbonyl (C=O) groups is 2. The molecule has 0 N–H and O–H groups in total. The Morgan fingerprint density at radius 1 is 1.13 bits per heavy atom. The fourth-order valence-electron chi connectivity index (χ4n) is 1.01. The van der Waals surface area contributed by atoms with Crippen LogP contribution in [0.2, 0.25) is 0 Å². The van der Waals surface area contributed by atoms with Crippen molar-refractivity contribution in [2.75, 3.05) is 26.0 Å². The molecule has 0 atom stereocenters. The van der Waals surface area contributed by atoms with Gasteiger partial charge in [0.1, 0.15) is 11.9 Å². The van der Waals surface area contributed by atoms with Gasteiger partial charge in [-0.3, -0.25) is 4.79 Å². The number of nitrogens with zero attached hydrogens (tertiary/aromatic N) is 1. The van der Waals surface area contributed by atoms with Crippen LogP contribution in [-0.4, -0.2) is 54.5 Å². The van der Waals surface area contributed by atoms with E-state index in [1.54, 1.807) is 14.2 Å². The zero-order valence-electron chi connectivity index (χ0n) is 15.7. The Hall–Kier alpha value is -0.880. The van der Waals surface area contributed by atoms with Gasteiger partial charge in [0.15, 0.2) is 0 Å². The second-order valence-corrected chi connectivity index (χ2v) is 7.60. The molecule has 0 radical (unpaired) electrons. The van der Waals surface area contributed by atoms with E-state index >= 15 is 0 Å². The van der Waals surface area contributed by atoms with Gasteiger partial charge in [-0.1, -0.05) is 22.0 Å². The number of allylic oxidation sites excluding steroid dienone is 1. The molecule has 0 unspecified atom stereocenters. The van der Waals surface area contributed by atoms with E-state index in [-0.39, 0.29) is 11.7 Å². The average molecular weight is 394 g/mol. The molecule has 5 nitrogen and oxygen atoms in total. The Kier molecular flexibility index (Phi) is 12.3. The normalized spacial score (nSPS) is 12.1. The predicted octanol–water partition coefficient (Wildman–Crippen LogP) is 4.19. The molecular weight excluding hydrogens is 362 g/mol. The van der Waals surface area contributed by atoms with Crippen LogP contribution < -0.4 is 0 Å². The molecule has 0 heterocycles. The molecule has 0 fully saturated rings. The summed E-state index contributed by atoms with van der Waals surface area (Å²) >= 11 is 3.21. The fourth-order valence-corrected chi connectivity index (χ4v) is 1.37. The molecule has 0 aromatic carbocycles. The van der Waals surface area contributed by atoms with E-state index in [0.717, 1.165) is 6.29 Å². The highest BCUT2D eigenvalue weighted by Crippen LogP contribution is 2.09. The second kappa shape index (κ2) is 11.6. The first-order valence-corrected chi connectivity index (χ1v) is 8.68. The van der Waals surface area contributed by atoms with Crippen LogP contribution in [0.3, 0.4) is 0 Å². The Labute approximate surface area is 149 Å². The highest BCUT2D eigenvalue weighted by molar-refractivity contribution is 9.09. The Morgan fingerprint density at radius 2 is 1.61 bits per heavy atom. The third-order valence-corrected chi connectivity index (χ3v) is 3.14. The number of carbonyl (C=O) groups excluding carboxylic acids is 2. The lowest BCUT2D eigenvalue weighted by Crippen LogP contribution is -2.34. The fraction of sp³-hybridized carbons (Fsp3) is 0.765. The van der Waals surface area contributed by atoms with Gasteiger partial charge in [-0.15, -0.1) is 0 Å². The van der Waals surface area contributed by atoms with Crippen LogP contribution >= 0.6 is 15.9 Å². The minimum absolute atomic E-state index is 0.0417. The van der Waals surface area contributed by atoms with Crippen molar-refractivity contribution in [1.29, 1.82) is 0 Å². The van der Waals surface area contributed by atoms with Gasteiger partial charge in [0.2, 0.25) is 0 Å². The van der Waals surface area contributed by atoms with Crippen molar-refractivity contribution < 1.29 is 19.1 Å². The van der Waals surface area contributed by atoms with Gasteiger partial charge in [0.05, 0.1) is 5.60 Å². The zero-order valence-corrected chi connectivity index (χ0v) is 17.3. The topological polar surface area (TPSA) is 55.8 Å². The van der Waals surface area contributed by atoms with Crippen LogP contribution in [0.5, 0.6) is 0 Å². The number of hydrogen-bond acceptors (Lipinski definition) is 4. The first-order chi connectivity index (χ1) is 10.4. The number of methoxy groups -OCH3 is 1. The molecule has 0 aliphatic carbocycles. The van der Waals surface area contributed by atoms with Gasteiger partial charge >= 0.3 is 6.09 Å². The SMILES string of the molecule is CN(CC/C=C(/C=O)CBr)C(=O)OC(C)(C)C.COC(C)(C)C. The Balaban J connectivity index is 0. The van der Waals surface area contributed by atoms with E-state index in [9.17, 15) is 9.59 Å². The lowest BCUT2D eigenvalue weighted by molar-refractivity contribution is -0.104.